The number of carbonyl (C=O) groups is 2. The molecule has 0 saturated carbocycles. The first kappa shape index (κ1) is 47.6. The van der Waals surface area contributed by atoms with E-state index in [4.69, 9.17) is 20.4 Å². The molecule has 8 aromatic rings. The summed E-state index contributed by atoms with van der Waals surface area (Å²) in [6.45, 7) is 6.22. The Morgan fingerprint density at radius 2 is 1.26 bits per heavy atom. The van der Waals surface area contributed by atoms with E-state index < -0.39 is 17.6 Å². The highest BCUT2D eigenvalue weighted by Crippen LogP contribution is 2.33. The van der Waals surface area contributed by atoms with Crippen molar-refractivity contribution in [3.05, 3.63) is 179 Å². The van der Waals surface area contributed by atoms with Gasteiger partial charge in [-0.25, -0.2) is 14.4 Å². The molecule has 4 aromatic carbocycles. The van der Waals surface area contributed by atoms with Crippen LogP contribution >= 0.6 is 11.6 Å². The summed E-state index contributed by atoms with van der Waals surface area (Å²) >= 11 is 6.21. The normalized spacial score (nSPS) is 13.0. The van der Waals surface area contributed by atoms with Gasteiger partial charge in [0.1, 0.15) is 5.82 Å². The summed E-state index contributed by atoms with van der Waals surface area (Å²) in [4.78, 5) is 46.3. The monoisotopic (exact) mass is 958 g/mol. The molecule has 14 nitrogen and oxygen atoms in total. The Hall–Kier alpha value is -7.93. The van der Waals surface area contributed by atoms with Crippen molar-refractivity contribution in [3.8, 4) is 22.6 Å². The van der Waals surface area contributed by atoms with Crippen LogP contribution in [-0.2, 0) is 12.7 Å². The molecule has 0 spiro atoms. The summed E-state index contributed by atoms with van der Waals surface area (Å²) in [5, 5.41) is 11.8. The van der Waals surface area contributed by atoms with E-state index in [1.807, 2.05) is 31.2 Å². The van der Waals surface area contributed by atoms with E-state index in [0.29, 0.717) is 51.7 Å². The van der Waals surface area contributed by atoms with E-state index in [1.165, 1.54) is 42.6 Å². The SMILES string of the molecule is Cc1ccc(NC(=O)c2ccc(CN3CCN(C)CC3)c(F)c2)cc1Nc1ncc(-c2cccnc2)o1.O=C(Nc1ccc(Cl)c(Nc2ncc(-c3cccnc3)o2)c1)c1cccc(C(F)(F)F)c1. The van der Waals surface area contributed by atoms with Crippen LogP contribution < -0.4 is 21.3 Å². The lowest BCUT2D eigenvalue weighted by molar-refractivity contribution is -0.137. The lowest BCUT2D eigenvalue weighted by Crippen LogP contribution is -2.44. The maximum atomic E-state index is 14.8. The van der Waals surface area contributed by atoms with Crippen molar-refractivity contribution in [1.29, 1.82) is 0 Å². The van der Waals surface area contributed by atoms with Gasteiger partial charge in [-0.2, -0.15) is 13.2 Å². The number of nitrogens with zero attached hydrogens (tertiary/aromatic N) is 6. The second kappa shape index (κ2) is 21.4. The highest BCUT2D eigenvalue weighted by Gasteiger charge is 2.31. The molecule has 0 radical (unpaired) electrons. The molecule has 0 bridgehead atoms. The summed E-state index contributed by atoms with van der Waals surface area (Å²) < 4.78 is 65.0. The predicted molar refractivity (Wildman–Crippen MR) is 255 cm³/mol. The van der Waals surface area contributed by atoms with Crippen LogP contribution in [0.2, 0.25) is 5.02 Å². The third-order valence-corrected chi connectivity index (χ3v) is 11.2. The van der Waals surface area contributed by atoms with Crippen LogP contribution in [0.3, 0.4) is 0 Å². The highest BCUT2D eigenvalue weighted by molar-refractivity contribution is 6.33. The lowest BCUT2D eigenvalue weighted by atomic mass is 10.1. The van der Waals surface area contributed by atoms with E-state index in [0.717, 1.165) is 60.7 Å². The Labute approximate surface area is 398 Å². The number of benzene rings is 4. The second-order valence-corrected chi connectivity index (χ2v) is 16.3. The molecule has 1 aliphatic rings. The molecule has 19 heteroatoms. The zero-order valence-corrected chi connectivity index (χ0v) is 37.8. The minimum atomic E-state index is -4.54. The van der Waals surface area contributed by atoms with Crippen molar-refractivity contribution in [2.24, 2.45) is 0 Å². The highest BCUT2D eigenvalue weighted by atomic mass is 35.5. The standard InChI is InChI=1S/C28H29FN6O2.C22H14ClF3N4O2/c1-19-5-8-23(15-25(19)33-28-31-17-26(37-28)21-4-3-9-30-16-21)32-27(36)20-6-7-22(24(29)14-20)18-35-12-10-34(2)11-13-35;23-17-7-6-16(29-20(31)13-3-1-5-15(9-13)22(24,25)26)10-18(17)30-21-28-12-19(32-21)14-4-2-8-27-11-14/h3-9,14-17H,10-13,18H2,1-2H3,(H,31,33)(H,32,36);1-12H,(H,28,30)(H,29,31). The van der Waals surface area contributed by atoms with Gasteiger partial charge in [0.2, 0.25) is 0 Å². The summed E-state index contributed by atoms with van der Waals surface area (Å²) in [5.41, 5.74) is 4.33. The van der Waals surface area contributed by atoms with Crippen LogP contribution in [-0.4, -0.2) is 74.8 Å². The van der Waals surface area contributed by atoms with Gasteiger partial charge in [0, 0.05) is 102 Å². The average molecular weight is 959 g/mol. The van der Waals surface area contributed by atoms with Gasteiger partial charge >= 0.3 is 6.18 Å². The first-order chi connectivity index (χ1) is 33.2. The molecular weight excluding hydrogens is 916 g/mol. The zero-order valence-electron chi connectivity index (χ0n) is 37.0. The van der Waals surface area contributed by atoms with Crippen LogP contribution in [0, 0.1) is 12.7 Å². The Bertz CT molecular complexity index is 3050. The van der Waals surface area contributed by atoms with Gasteiger partial charge in [-0.15, -0.1) is 0 Å². The maximum Gasteiger partial charge on any atom is 0.416 e. The largest absolute Gasteiger partial charge is 0.423 e. The first-order valence-electron chi connectivity index (χ1n) is 21.4. The number of pyridine rings is 2. The molecule has 9 rings (SSSR count). The lowest BCUT2D eigenvalue weighted by Gasteiger charge is -2.32. The Morgan fingerprint density at radius 1 is 0.681 bits per heavy atom. The van der Waals surface area contributed by atoms with Crippen LogP contribution in [0.4, 0.5) is 52.3 Å². The second-order valence-electron chi connectivity index (χ2n) is 15.9. The van der Waals surface area contributed by atoms with Crippen LogP contribution in [0.5, 0.6) is 0 Å². The molecule has 4 N–H and O–H groups in total. The molecule has 1 fully saturated rings. The molecule has 1 aliphatic heterocycles. The molecule has 2 amide bonds. The molecule has 5 heterocycles. The van der Waals surface area contributed by atoms with E-state index in [2.05, 4.69) is 58.1 Å². The van der Waals surface area contributed by atoms with E-state index >= 15 is 0 Å². The van der Waals surface area contributed by atoms with E-state index in [9.17, 15) is 27.2 Å². The van der Waals surface area contributed by atoms with Gasteiger partial charge < -0.3 is 35.0 Å². The summed E-state index contributed by atoms with van der Waals surface area (Å²) in [7, 11) is 2.09. The number of nitrogens with one attached hydrogen (secondary N) is 4. The van der Waals surface area contributed by atoms with Crippen LogP contribution in [0.1, 0.15) is 37.4 Å². The molecule has 0 aliphatic carbocycles. The molecular formula is C50H43ClF4N10O4. The number of anilines is 6. The number of amides is 2. The van der Waals surface area contributed by atoms with Crippen LogP contribution in [0.15, 0.2) is 149 Å². The fourth-order valence-corrected chi connectivity index (χ4v) is 7.18. The van der Waals surface area contributed by atoms with Crippen molar-refractivity contribution < 1.29 is 36.0 Å². The Kier molecular flexibility index (Phi) is 14.7. The summed E-state index contributed by atoms with van der Waals surface area (Å²) in [5.74, 6) is -0.359. The van der Waals surface area contributed by atoms with Gasteiger partial charge in [0.05, 0.1) is 28.7 Å². The van der Waals surface area contributed by atoms with Crippen molar-refractivity contribution in [2.75, 3.05) is 54.5 Å². The van der Waals surface area contributed by atoms with Gasteiger partial charge in [-0.05, 0) is 104 Å². The third kappa shape index (κ3) is 12.5. The first-order valence-corrected chi connectivity index (χ1v) is 21.8. The molecule has 4 aromatic heterocycles. The number of carbonyl (C=O) groups excluding carboxylic acids is 2. The van der Waals surface area contributed by atoms with Crippen molar-refractivity contribution in [3.63, 3.8) is 0 Å². The number of alkyl halides is 3. The predicted octanol–water partition coefficient (Wildman–Crippen LogP) is 11.3. The average Bonchev–Trinajstić information content (AvgIpc) is 4.03. The fourth-order valence-electron chi connectivity index (χ4n) is 7.02. The number of hydrogen-bond donors (Lipinski definition) is 4. The molecule has 352 valence electrons. The van der Waals surface area contributed by atoms with Crippen molar-refractivity contribution in [1.82, 2.24) is 29.7 Å². The van der Waals surface area contributed by atoms with Crippen LogP contribution in [0.25, 0.3) is 22.6 Å². The summed E-state index contributed by atoms with van der Waals surface area (Å²) in [6.07, 6.45) is 5.26. The summed E-state index contributed by atoms with van der Waals surface area (Å²) in [6, 6.07) is 26.6. The number of likely N-dealkylation sites (N-methyl/N-ethyl adjacent to an activating group) is 1. The minimum absolute atomic E-state index is 0.127. The smallest absolute Gasteiger partial charge is 0.416 e. The minimum Gasteiger partial charge on any atom is -0.423 e. The number of oxazole rings is 2. The number of hydrogen-bond acceptors (Lipinski definition) is 12. The van der Waals surface area contributed by atoms with Gasteiger partial charge in [0.25, 0.3) is 23.8 Å². The van der Waals surface area contributed by atoms with E-state index in [-0.39, 0.29) is 28.9 Å². The van der Waals surface area contributed by atoms with Gasteiger partial charge in [-0.3, -0.25) is 24.5 Å². The van der Waals surface area contributed by atoms with Gasteiger partial charge in [0.15, 0.2) is 11.5 Å². The molecule has 69 heavy (non-hydrogen) atoms. The molecule has 1 saturated heterocycles. The van der Waals surface area contributed by atoms with E-state index in [1.54, 1.807) is 61.3 Å². The number of aryl methyl sites for hydroxylation is 1. The number of piperazine rings is 1. The van der Waals surface area contributed by atoms with Crippen molar-refractivity contribution in [2.45, 2.75) is 19.6 Å². The maximum absolute atomic E-state index is 14.8. The Balaban J connectivity index is 0.000000188. The molecule has 0 atom stereocenters. The number of halogens is 5. The zero-order chi connectivity index (χ0) is 48.5. The fraction of sp³-hybridized carbons (Fsp3) is 0.160. The number of rotatable bonds is 12. The third-order valence-electron chi connectivity index (χ3n) is 10.9. The topological polar surface area (TPSA) is 167 Å². The Morgan fingerprint density at radius 3 is 1.84 bits per heavy atom. The molecule has 0 unspecified atom stereocenters. The quantitative estimate of drug-likeness (QED) is 0.0857. The number of aromatic nitrogens is 4. The van der Waals surface area contributed by atoms with Gasteiger partial charge in [-0.1, -0.05) is 29.8 Å². The van der Waals surface area contributed by atoms with Crippen molar-refractivity contribution >= 4 is 58.2 Å².